The van der Waals surface area contributed by atoms with Crippen LogP contribution in [0.1, 0.15) is 12.5 Å². The Balaban J connectivity index is 2.17. The van der Waals surface area contributed by atoms with Gasteiger partial charge >= 0.3 is 0 Å². The molecule has 0 unspecified atom stereocenters. The van der Waals surface area contributed by atoms with Gasteiger partial charge in [-0.15, -0.1) is 0 Å². The first-order valence-electron chi connectivity index (χ1n) is 7.80. The van der Waals surface area contributed by atoms with E-state index in [2.05, 4.69) is 10.1 Å². The number of ether oxygens (including phenoxy) is 1. The average molecular weight is 437 g/mol. The second-order valence-corrected chi connectivity index (χ2v) is 6.55. The van der Waals surface area contributed by atoms with Gasteiger partial charge in [-0.3, -0.25) is 14.9 Å². The van der Waals surface area contributed by atoms with Crippen LogP contribution in [0.15, 0.2) is 18.2 Å². The molecule has 0 fully saturated rings. The van der Waals surface area contributed by atoms with Crippen LogP contribution in [-0.4, -0.2) is 28.1 Å². The van der Waals surface area contributed by atoms with E-state index in [4.69, 9.17) is 11.6 Å². The zero-order valence-electron chi connectivity index (χ0n) is 14.9. The number of aliphatic hydroxyl groups is 1. The Morgan fingerprint density at radius 1 is 1.24 bits per heavy atom. The highest BCUT2D eigenvalue weighted by molar-refractivity contribution is 6.30. The molecule has 2 N–H and O–H groups in total. The van der Waals surface area contributed by atoms with Crippen molar-refractivity contribution in [2.45, 2.75) is 19.4 Å². The van der Waals surface area contributed by atoms with Crippen molar-refractivity contribution in [3.8, 4) is 5.75 Å². The maximum absolute atomic E-state index is 13.7. The fourth-order valence-corrected chi connectivity index (χ4v) is 2.36. The lowest BCUT2D eigenvalue weighted by atomic mass is 10.1. The lowest BCUT2D eigenvalue weighted by Gasteiger charge is -2.23. The maximum Gasteiger partial charge on any atom is 0.272 e. The highest BCUT2D eigenvalue weighted by atomic mass is 35.5. The number of carbonyl (C=O) groups excluding carboxylic acids is 1. The first-order chi connectivity index (χ1) is 13.4. The molecule has 156 valence electrons. The SMILES string of the molecule is Cc1cc(NC(=O)[C@@](C)(O)COc2c(F)c(F)c(Cl)c(F)c2F)ccc1[N+](=O)[O-]. The van der Waals surface area contributed by atoms with Crippen molar-refractivity contribution >= 4 is 28.9 Å². The van der Waals surface area contributed by atoms with Gasteiger partial charge < -0.3 is 15.2 Å². The Kier molecular flexibility index (Phi) is 6.34. The molecule has 0 aliphatic carbocycles. The number of aryl methyl sites for hydroxylation is 1. The van der Waals surface area contributed by atoms with Crippen molar-refractivity contribution in [3.63, 3.8) is 0 Å². The number of nitrogens with one attached hydrogen (secondary N) is 1. The molecule has 2 rings (SSSR count). The molecule has 12 heteroatoms. The van der Waals surface area contributed by atoms with Crippen molar-refractivity contribution in [1.82, 2.24) is 0 Å². The molecule has 0 saturated heterocycles. The van der Waals surface area contributed by atoms with E-state index >= 15 is 0 Å². The molecule has 0 saturated carbocycles. The minimum absolute atomic E-state index is 0.0827. The zero-order valence-corrected chi connectivity index (χ0v) is 15.6. The minimum Gasteiger partial charge on any atom is -0.484 e. The monoisotopic (exact) mass is 436 g/mol. The van der Waals surface area contributed by atoms with Crippen LogP contribution in [0.4, 0.5) is 28.9 Å². The molecule has 1 amide bonds. The lowest BCUT2D eigenvalue weighted by Crippen LogP contribution is -2.45. The van der Waals surface area contributed by atoms with E-state index in [0.29, 0.717) is 0 Å². The molecule has 0 aromatic heterocycles. The van der Waals surface area contributed by atoms with E-state index in [-0.39, 0.29) is 16.9 Å². The summed E-state index contributed by atoms with van der Waals surface area (Å²) in [6.45, 7) is 1.25. The minimum atomic E-state index is -2.40. The Morgan fingerprint density at radius 2 is 1.79 bits per heavy atom. The smallest absolute Gasteiger partial charge is 0.272 e. The second kappa shape index (κ2) is 8.21. The van der Waals surface area contributed by atoms with Gasteiger partial charge in [-0.1, -0.05) is 11.6 Å². The van der Waals surface area contributed by atoms with Crippen LogP contribution in [0, 0.1) is 40.3 Å². The molecule has 7 nitrogen and oxygen atoms in total. The van der Waals surface area contributed by atoms with Crippen molar-refractivity contribution in [2.75, 3.05) is 11.9 Å². The normalized spacial score (nSPS) is 13.0. The van der Waals surface area contributed by atoms with E-state index in [1.54, 1.807) is 0 Å². The number of anilines is 1. The van der Waals surface area contributed by atoms with Gasteiger partial charge in [0.1, 0.15) is 11.6 Å². The molecular weight excluding hydrogens is 424 g/mol. The van der Waals surface area contributed by atoms with Gasteiger partial charge in [0.15, 0.2) is 23.0 Å². The van der Waals surface area contributed by atoms with E-state index in [1.807, 2.05) is 0 Å². The van der Waals surface area contributed by atoms with Crippen molar-refractivity contribution < 1.29 is 37.1 Å². The topological polar surface area (TPSA) is 102 Å². The average Bonchev–Trinajstić information content (AvgIpc) is 2.64. The summed E-state index contributed by atoms with van der Waals surface area (Å²) in [4.78, 5) is 22.4. The fourth-order valence-electron chi connectivity index (χ4n) is 2.19. The number of hydrogen-bond donors (Lipinski definition) is 2. The van der Waals surface area contributed by atoms with Gasteiger partial charge in [-0.2, -0.15) is 8.78 Å². The molecule has 0 heterocycles. The van der Waals surface area contributed by atoms with Crippen LogP contribution in [0.3, 0.4) is 0 Å². The largest absolute Gasteiger partial charge is 0.484 e. The van der Waals surface area contributed by atoms with Crippen LogP contribution >= 0.6 is 11.6 Å². The molecule has 0 radical (unpaired) electrons. The number of nitro groups is 1. The molecular formula is C17H13ClF4N2O5. The predicted octanol–water partition coefficient (Wildman–Crippen LogP) is 3.88. The van der Waals surface area contributed by atoms with Crippen LogP contribution in [0.5, 0.6) is 5.75 Å². The van der Waals surface area contributed by atoms with Crippen LogP contribution in [-0.2, 0) is 4.79 Å². The summed E-state index contributed by atoms with van der Waals surface area (Å²) >= 11 is 5.09. The van der Waals surface area contributed by atoms with Crippen LogP contribution in [0.25, 0.3) is 0 Å². The number of hydrogen-bond acceptors (Lipinski definition) is 5. The van der Waals surface area contributed by atoms with Gasteiger partial charge in [-0.05, 0) is 26.0 Å². The summed E-state index contributed by atoms with van der Waals surface area (Å²) in [6.07, 6.45) is 0. The van der Waals surface area contributed by atoms with E-state index in [9.17, 15) is 37.6 Å². The summed E-state index contributed by atoms with van der Waals surface area (Å²) in [5, 5.41) is 21.8. The standard InChI is InChI=1S/C17H13ClF4N2O5/c1-7-5-8(3-4-9(7)24(27)28)23-16(25)17(2,26)6-29-15-13(21)11(19)10(18)12(20)14(15)22/h3-5,26H,6H2,1-2H3,(H,23,25)/t17-/m0/s1. The molecule has 29 heavy (non-hydrogen) atoms. The molecule has 2 aromatic carbocycles. The van der Waals surface area contributed by atoms with Gasteiger partial charge in [0.2, 0.25) is 11.6 Å². The highest BCUT2D eigenvalue weighted by Gasteiger charge is 2.34. The Labute approximate surface area is 166 Å². The van der Waals surface area contributed by atoms with E-state index in [1.165, 1.54) is 19.1 Å². The van der Waals surface area contributed by atoms with E-state index < -0.39 is 57.1 Å². The molecule has 1 atom stereocenters. The van der Waals surface area contributed by atoms with Gasteiger partial charge in [0.05, 0.1) is 4.92 Å². The first kappa shape index (κ1) is 22.4. The summed E-state index contributed by atoms with van der Waals surface area (Å²) < 4.78 is 59.0. The summed E-state index contributed by atoms with van der Waals surface area (Å²) in [5.41, 5.74) is -2.30. The number of halogens is 5. The van der Waals surface area contributed by atoms with Crippen molar-refractivity contribution in [3.05, 3.63) is 62.2 Å². The maximum atomic E-state index is 13.7. The number of nitrogens with zero attached hydrogens (tertiary/aromatic N) is 1. The highest BCUT2D eigenvalue weighted by Crippen LogP contribution is 2.33. The van der Waals surface area contributed by atoms with Crippen LogP contribution in [0.2, 0.25) is 5.02 Å². The third kappa shape index (κ3) is 4.57. The quantitative estimate of drug-likeness (QED) is 0.235. The third-order valence-corrected chi connectivity index (χ3v) is 4.14. The first-order valence-corrected chi connectivity index (χ1v) is 8.17. The Hall–Kier alpha value is -2.92. The molecule has 0 aliphatic rings. The predicted molar refractivity (Wildman–Crippen MR) is 93.9 cm³/mol. The van der Waals surface area contributed by atoms with Gasteiger partial charge in [-0.25, -0.2) is 8.78 Å². The van der Waals surface area contributed by atoms with Gasteiger partial charge in [0.25, 0.3) is 11.6 Å². The lowest BCUT2D eigenvalue weighted by molar-refractivity contribution is -0.385. The number of benzene rings is 2. The summed E-state index contributed by atoms with van der Waals surface area (Å²) in [7, 11) is 0. The van der Waals surface area contributed by atoms with Crippen molar-refractivity contribution in [2.24, 2.45) is 0 Å². The molecule has 2 aromatic rings. The number of rotatable bonds is 6. The van der Waals surface area contributed by atoms with Crippen molar-refractivity contribution in [1.29, 1.82) is 0 Å². The molecule has 0 bridgehead atoms. The number of nitro benzene ring substituents is 1. The zero-order chi connectivity index (χ0) is 22.1. The third-order valence-electron chi connectivity index (χ3n) is 3.81. The Morgan fingerprint density at radius 3 is 2.28 bits per heavy atom. The van der Waals surface area contributed by atoms with E-state index in [0.717, 1.165) is 13.0 Å². The number of carbonyl (C=O) groups is 1. The fraction of sp³-hybridized carbons (Fsp3) is 0.235. The Bertz CT molecular complexity index is 971. The van der Waals surface area contributed by atoms with Crippen LogP contribution < -0.4 is 10.1 Å². The number of amides is 1. The second-order valence-electron chi connectivity index (χ2n) is 6.17. The summed E-state index contributed by atoms with van der Waals surface area (Å²) in [5.74, 6) is -10.3. The van der Waals surface area contributed by atoms with Gasteiger partial charge in [0, 0.05) is 17.3 Å². The molecule has 0 spiro atoms. The molecule has 0 aliphatic heterocycles. The summed E-state index contributed by atoms with van der Waals surface area (Å²) in [6, 6.07) is 3.58.